The quantitative estimate of drug-likeness (QED) is 0.534. The number of amides is 3. The largest absolute Gasteiger partial charge is 0.477 e. The molecule has 1 fully saturated rings. The van der Waals surface area contributed by atoms with Crippen LogP contribution in [0.3, 0.4) is 0 Å². The molecule has 1 aromatic rings. The van der Waals surface area contributed by atoms with Crippen molar-refractivity contribution in [3.63, 3.8) is 0 Å². The summed E-state index contributed by atoms with van der Waals surface area (Å²) in [5.74, 6) is 0.449. The first-order valence-electron chi connectivity index (χ1n) is 10.8. The molecule has 0 unspecified atom stereocenters. The van der Waals surface area contributed by atoms with Crippen LogP contribution in [0.15, 0.2) is 24.3 Å². The molecule has 170 valence electrons. The highest BCUT2D eigenvalue weighted by molar-refractivity contribution is 5.86. The second-order valence-electron chi connectivity index (χ2n) is 9.17. The van der Waals surface area contributed by atoms with Crippen molar-refractivity contribution < 1.29 is 24.0 Å². The van der Waals surface area contributed by atoms with Crippen molar-refractivity contribution in [1.29, 1.82) is 0 Å². The molecule has 1 saturated heterocycles. The zero-order valence-electron chi connectivity index (χ0n) is 18.9. The van der Waals surface area contributed by atoms with Gasteiger partial charge in [0.15, 0.2) is 12.6 Å². The maximum atomic E-state index is 13.0. The van der Waals surface area contributed by atoms with Crippen molar-refractivity contribution in [3.05, 3.63) is 24.3 Å². The van der Waals surface area contributed by atoms with Gasteiger partial charge in [-0.25, -0.2) is 0 Å². The molecule has 9 heteroatoms. The summed E-state index contributed by atoms with van der Waals surface area (Å²) >= 11 is 0. The SMILES string of the molecule is CNC(=O)[C@@H]1CN(CC(=O)N2CC[NH+](CC(=O)NC(C)(C)C)CC2)c2ccccc2O1. The van der Waals surface area contributed by atoms with Gasteiger partial charge in [0, 0.05) is 12.6 Å². The van der Waals surface area contributed by atoms with E-state index in [1.54, 1.807) is 7.05 Å². The standard InChI is InChI=1S/C22H33N5O4/c1-22(2,3)24-19(28)14-25-9-11-26(12-10-25)20(29)15-27-13-18(21(30)23-4)31-17-8-6-5-7-16(17)27/h5-8,18H,9-15H2,1-4H3,(H,23,30)(H,24,28)/p+1/t18-/m0/s1. The second-order valence-corrected chi connectivity index (χ2v) is 9.17. The van der Waals surface area contributed by atoms with Gasteiger partial charge in [-0.2, -0.15) is 0 Å². The van der Waals surface area contributed by atoms with E-state index in [0.717, 1.165) is 18.8 Å². The van der Waals surface area contributed by atoms with E-state index < -0.39 is 6.10 Å². The van der Waals surface area contributed by atoms with Crippen molar-refractivity contribution in [2.24, 2.45) is 0 Å². The van der Waals surface area contributed by atoms with Gasteiger partial charge in [0.2, 0.25) is 5.91 Å². The maximum Gasteiger partial charge on any atom is 0.275 e. The Kier molecular flexibility index (Phi) is 7.04. The average Bonchev–Trinajstić information content (AvgIpc) is 2.72. The van der Waals surface area contributed by atoms with Crippen molar-refractivity contribution in [1.82, 2.24) is 15.5 Å². The predicted molar refractivity (Wildman–Crippen MR) is 117 cm³/mol. The Bertz CT molecular complexity index is 814. The van der Waals surface area contributed by atoms with E-state index in [1.165, 1.54) is 4.90 Å². The molecule has 3 N–H and O–H groups in total. The molecule has 0 bridgehead atoms. The number of ether oxygens (including phenoxy) is 1. The minimum Gasteiger partial charge on any atom is -0.477 e. The molecule has 2 aliphatic rings. The Hall–Kier alpha value is -2.81. The number of hydrogen-bond acceptors (Lipinski definition) is 5. The summed E-state index contributed by atoms with van der Waals surface area (Å²) in [6, 6.07) is 7.46. The summed E-state index contributed by atoms with van der Waals surface area (Å²) in [4.78, 5) is 42.2. The molecular formula is C22H34N5O4+. The van der Waals surface area contributed by atoms with Crippen LogP contribution in [-0.2, 0) is 14.4 Å². The first-order valence-corrected chi connectivity index (χ1v) is 10.8. The molecule has 0 spiro atoms. The highest BCUT2D eigenvalue weighted by Crippen LogP contribution is 2.33. The van der Waals surface area contributed by atoms with Crippen LogP contribution >= 0.6 is 0 Å². The zero-order valence-corrected chi connectivity index (χ0v) is 18.9. The highest BCUT2D eigenvalue weighted by Gasteiger charge is 2.33. The Balaban J connectivity index is 1.56. The first kappa shape index (κ1) is 22.9. The lowest BCUT2D eigenvalue weighted by molar-refractivity contribution is -0.896. The van der Waals surface area contributed by atoms with Crippen LogP contribution in [0.25, 0.3) is 0 Å². The third kappa shape index (κ3) is 6.10. The molecule has 1 atom stereocenters. The highest BCUT2D eigenvalue weighted by atomic mass is 16.5. The Morgan fingerprint density at radius 1 is 1.16 bits per heavy atom. The van der Waals surface area contributed by atoms with Gasteiger partial charge in [0.05, 0.1) is 45.0 Å². The molecule has 0 aliphatic carbocycles. The van der Waals surface area contributed by atoms with Gasteiger partial charge >= 0.3 is 0 Å². The summed E-state index contributed by atoms with van der Waals surface area (Å²) < 4.78 is 5.81. The number of carbonyl (C=O) groups excluding carboxylic acids is 3. The minimum absolute atomic E-state index is 0.0190. The van der Waals surface area contributed by atoms with Gasteiger partial charge in [0.25, 0.3) is 11.8 Å². The van der Waals surface area contributed by atoms with E-state index in [9.17, 15) is 14.4 Å². The van der Waals surface area contributed by atoms with Crippen molar-refractivity contribution in [3.8, 4) is 5.75 Å². The smallest absolute Gasteiger partial charge is 0.275 e. The third-order valence-corrected chi connectivity index (χ3v) is 5.47. The Morgan fingerprint density at radius 2 is 1.84 bits per heavy atom. The Morgan fingerprint density at radius 3 is 2.48 bits per heavy atom. The molecule has 2 aliphatic heterocycles. The van der Waals surface area contributed by atoms with Crippen LogP contribution in [0, 0.1) is 0 Å². The normalized spacial score (nSPS) is 19.3. The summed E-state index contributed by atoms with van der Waals surface area (Å²) in [6.07, 6.45) is -0.657. The summed E-state index contributed by atoms with van der Waals surface area (Å²) in [5.41, 5.74) is 0.578. The lowest BCUT2D eigenvalue weighted by atomic mass is 10.1. The van der Waals surface area contributed by atoms with Gasteiger partial charge in [-0.15, -0.1) is 0 Å². The van der Waals surface area contributed by atoms with E-state index in [0.29, 0.717) is 31.9 Å². The number of anilines is 1. The molecule has 0 aromatic heterocycles. The summed E-state index contributed by atoms with van der Waals surface area (Å²) in [5, 5.41) is 5.61. The van der Waals surface area contributed by atoms with Crippen molar-refractivity contribution in [2.45, 2.75) is 32.4 Å². The summed E-state index contributed by atoms with van der Waals surface area (Å²) in [6.45, 7) is 9.54. The number of rotatable bonds is 5. The van der Waals surface area contributed by atoms with Crippen LogP contribution < -0.4 is 25.2 Å². The number of fused-ring (bicyclic) bond motifs is 1. The summed E-state index contributed by atoms with van der Waals surface area (Å²) in [7, 11) is 1.57. The number of para-hydroxylation sites is 2. The molecule has 9 nitrogen and oxygen atoms in total. The first-order chi connectivity index (χ1) is 14.7. The van der Waals surface area contributed by atoms with Crippen LogP contribution in [0.2, 0.25) is 0 Å². The van der Waals surface area contributed by atoms with Gasteiger partial charge in [-0.3, -0.25) is 14.4 Å². The van der Waals surface area contributed by atoms with Crippen LogP contribution in [-0.4, -0.2) is 87.1 Å². The van der Waals surface area contributed by atoms with E-state index in [-0.39, 0.29) is 29.8 Å². The number of quaternary nitrogens is 1. The number of benzene rings is 1. The number of nitrogens with zero attached hydrogens (tertiary/aromatic N) is 2. The molecule has 3 rings (SSSR count). The van der Waals surface area contributed by atoms with E-state index in [2.05, 4.69) is 10.6 Å². The van der Waals surface area contributed by atoms with Crippen LogP contribution in [0.4, 0.5) is 5.69 Å². The molecule has 2 heterocycles. The molecule has 3 amide bonds. The lowest BCUT2D eigenvalue weighted by Crippen LogP contribution is -3.16. The fourth-order valence-electron chi connectivity index (χ4n) is 3.96. The number of likely N-dealkylation sites (N-methyl/N-ethyl adjacent to an activating group) is 1. The second kappa shape index (κ2) is 9.55. The molecule has 0 radical (unpaired) electrons. The molecule has 1 aromatic carbocycles. The Labute approximate surface area is 183 Å². The lowest BCUT2D eigenvalue weighted by Gasteiger charge is -2.37. The van der Waals surface area contributed by atoms with Crippen molar-refractivity contribution in [2.75, 3.05) is 57.8 Å². The zero-order chi connectivity index (χ0) is 22.6. The van der Waals surface area contributed by atoms with Gasteiger partial charge in [-0.05, 0) is 32.9 Å². The van der Waals surface area contributed by atoms with Gasteiger partial charge < -0.3 is 30.1 Å². The molecule has 31 heavy (non-hydrogen) atoms. The number of hydrogen-bond donors (Lipinski definition) is 3. The average molecular weight is 433 g/mol. The van der Waals surface area contributed by atoms with Gasteiger partial charge in [-0.1, -0.05) is 12.1 Å². The predicted octanol–water partition coefficient (Wildman–Crippen LogP) is -1.36. The fraction of sp³-hybridized carbons (Fsp3) is 0.591. The topological polar surface area (TPSA) is 95.4 Å². The number of carbonyl (C=O) groups is 3. The van der Waals surface area contributed by atoms with Crippen molar-refractivity contribution >= 4 is 23.4 Å². The third-order valence-electron chi connectivity index (χ3n) is 5.47. The van der Waals surface area contributed by atoms with E-state index in [1.807, 2.05) is 54.8 Å². The minimum atomic E-state index is -0.657. The fourth-order valence-corrected chi connectivity index (χ4v) is 3.96. The number of piperazine rings is 1. The number of nitrogens with one attached hydrogen (secondary N) is 3. The molecule has 0 saturated carbocycles. The van der Waals surface area contributed by atoms with Gasteiger partial charge in [0.1, 0.15) is 5.75 Å². The van der Waals surface area contributed by atoms with E-state index >= 15 is 0 Å². The van der Waals surface area contributed by atoms with Crippen LogP contribution in [0.1, 0.15) is 20.8 Å². The molecular weight excluding hydrogens is 398 g/mol. The van der Waals surface area contributed by atoms with E-state index in [4.69, 9.17) is 4.74 Å². The van der Waals surface area contributed by atoms with Crippen LogP contribution in [0.5, 0.6) is 5.75 Å². The maximum absolute atomic E-state index is 13.0. The monoisotopic (exact) mass is 432 g/mol.